The molecule has 0 unspecified atom stereocenters. The molecule has 0 spiro atoms. The Labute approximate surface area is 99.7 Å². The third-order valence-corrected chi connectivity index (χ3v) is 3.62. The zero-order valence-corrected chi connectivity index (χ0v) is 9.46. The molecular formula is C11H7FN2O2S. The van der Waals surface area contributed by atoms with Crippen molar-refractivity contribution in [1.29, 1.82) is 0 Å². The molecule has 1 aromatic heterocycles. The maximum absolute atomic E-state index is 13.4. The summed E-state index contributed by atoms with van der Waals surface area (Å²) in [6.45, 7) is 0.0419. The van der Waals surface area contributed by atoms with Gasteiger partial charge in [0.15, 0.2) is 10.9 Å². The van der Waals surface area contributed by atoms with Gasteiger partial charge in [0, 0.05) is 0 Å². The van der Waals surface area contributed by atoms with Crippen LogP contribution in [0.15, 0.2) is 18.2 Å². The van der Waals surface area contributed by atoms with Crippen LogP contribution in [0.4, 0.5) is 9.52 Å². The molecule has 2 heterocycles. The van der Waals surface area contributed by atoms with E-state index in [1.54, 1.807) is 12.1 Å². The van der Waals surface area contributed by atoms with E-state index < -0.39 is 5.82 Å². The molecule has 86 valence electrons. The number of carbonyl (C=O) groups is 2. The second-order valence-corrected chi connectivity index (χ2v) is 4.79. The highest BCUT2D eigenvalue weighted by Crippen LogP contribution is 2.31. The van der Waals surface area contributed by atoms with Gasteiger partial charge in [0.1, 0.15) is 11.3 Å². The summed E-state index contributed by atoms with van der Waals surface area (Å²) in [6, 6.07) is 4.65. The molecule has 1 amide bonds. The Bertz CT molecular complexity index is 637. The lowest BCUT2D eigenvalue weighted by Crippen LogP contribution is -2.24. The van der Waals surface area contributed by atoms with Crippen molar-refractivity contribution in [3.63, 3.8) is 0 Å². The summed E-state index contributed by atoms with van der Waals surface area (Å²) in [6.07, 6.45) is -0.0849. The summed E-state index contributed by atoms with van der Waals surface area (Å²) in [4.78, 5) is 28.1. The first-order valence-corrected chi connectivity index (χ1v) is 5.84. The highest BCUT2D eigenvalue weighted by molar-refractivity contribution is 7.22. The minimum atomic E-state index is -0.414. The van der Waals surface area contributed by atoms with Crippen LogP contribution in [0.2, 0.25) is 0 Å². The lowest BCUT2D eigenvalue weighted by Gasteiger charge is -2.08. The van der Waals surface area contributed by atoms with Gasteiger partial charge in [-0.15, -0.1) is 0 Å². The number of thiazole rings is 1. The van der Waals surface area contributed by atoms with E-state index in [-0.39, 0.29) is 30.2 Å². The van der Waals surface area contributed by atoms with E-state index in [0.717, 1.165) is 0 Å². The van der Waals surface area contributed by atoms with Crippen molar-refractivity contribution in [1.82, 2.24) is 4.98 Å². The quantitative estimate of drug-likeness (QED) is 0.724. The van der Waals surface area contributed by atoms with Gasteiger partial charge in [0.25, 0.3) is 0 Å². The number of amides is 1. The summed E-state index contributed by atoms with van der Waals surface area (Å²) in [7, 11) is 0. The van der Waals surface area contributed by atoms with E-state index in [1.165, 1.54) is 22.3 Å². The van der Waals surface area contributed by atoms with Crippen molar-refractivity contribution in [2.24, 2.45) is 0 Å². The molecule has 0 radical (unpaired) electrons. The van der Waals surface area contributed by atoms with Crippen LogP contribution in [0.25, 0.3) is 10.2 Å². The van der Waals surface area contributed by atoms with Gasteiger partial charge in [-0.1, -0.05) is 17.4 Å². The maximum atomic E-state index is 13.4. The zero-order chi connectivity index (χ0) is 12.0. The summed E-state index contributed by atoms with van der Waals surface area (Å²) < 4.78 is 14.1. The zero-order valence-electron chi connectivity index (χ0n) is 8.64. The van der Waals surface area contributed by atoms with Gasteiger partial charge in [-0.05, 0) is 12.1 Å². The number of hydrogen-bond donors (Lipinski definition) is 0. The average Bonchev–Trinajstić information content (AvgIpc) is 2.82. The van der Waals surface area contributed by atoms with E-state index >= 15 is 0 Å². The molecule has 0 bridgehead atoms. The van der Waals surface area contributed by atoms with Gasteiger partial charge in [-0.3, -0.25) is 14.5 Å². The predicted molar refractivity (Wildman–Crippen MR) is 61.6 cm³/mol. The fourth-order valence-corrected chi connectivity index (χ4v) is 2.77. The van der Waals surface area contributed by atoms with Crippen LogP contribution in [0.3, 0.4) is 0 Å². The predicted octanol–water partition coefficient (Wildman–Crippen LogP) is 1.74. The van der Waals surface area contributed by atoms with Gasteiger partial charge in [0.05, 0.1) is 17.7 Å². The number of halogens is 1. The van der Waals surface area contributed by atoms with Crippen LogP contribution in [-0.2, 0) is 9.59 Å². The molecule has 1 saturated heterocycles. The average molecular weight is 250 g/mol. The van der Waals surface area contributed by atoms with Crippen LogP contribution < -0.4 is 4.90 Å². The van der Waals surface area contributed by atoms with E-state index in [4.69, 9.17) is 0 Å². The molecule has 17 heavy (non-hydrogen) atoms. The Morgan fingerprint density at radius 1 is 1.35 bits per heavy atom. The van der Waals surface area contributed by atoms with Crippen LogP contribution in [0.5, 0.6) is 0 Å². The van der Waals surface area contributed by atoms with Crippen molar-refractivity contribution >= 4 is 38.4 Å². The number of rotatable bonds is 1. The second kappa shape index (κ2) is 3.59. The Morgan fingerprint density at radius 2 is 2.18 bits per heavy atom. The number of fused-ring (bicyclic) bond motifs is 1. The Hall–Kier alpha value is -1.82. The highest BCUT2D eigenvalue weighted by atomic mass is 32.1. The largest absolute Gasteiger partial charge is 0.297 e. The van der Waals surface area contributed by atoms with Gasteiger partial charge in [-0.2, -0.15) is 0 Å². The van der Waals surface area contributed by atoms with Crippen LogP contribution in [0.1, 0.15) is 6.42 Å². The topological polar surface area (TPSA) is 50.3 Å². The molecule has 3 rings (SSSR count). The monoisotopic (exact) mass is 250 g/mol. The number of anilines is 1. The van der Waals surface area contributed by atoms with E-state index in [0.29, 0.717) is 9.83 Å². The SMILES string of the molecule is O=C1CC(=O)N(c2nc3c(F)cccc3s2)C1. The highest BCUT2D eigenvalue weighted by Gasteiger charge is 2.30. The molecule has 1 aliphatic heterocycles. The number of ketones is 1. The number of para-hydroxylation sites is 1. The summed E-state index contributed by atoms with van der Waals surface area (Å²) >= 11 is 1.22. The molecule has 6 heteroatoms. The smallest absolute Gasteiger partial charge is 0.236 e. The second-order valence-electron chi connectivity index (χ2n) is 3.78. The molecule has 1 aromatic carbocycles. The molecule has 1 aliphatic rings. The summed E-state index contributed by atoms with van der Waals surface area (Å²) in [5, 5.41) is 0.390. The first-order chi connectivity index (χ1) is 8.15. The van der Waals surface area contributed by atoms with Gasteiger partial charge in [-0.25, -0.2) is 9.37 Å². The van der Waals surface area contributed by atoms with E-state index in [2.05, 4.69) is 4.98 Å². The Kier molecular flexibility index (Phi) is 2.19. The minimum absolute atomic E-state index is 0.0419. The third-order valence-electron chi connectivity index (χ3n) is 2.57. The number of aromatic nitrogens is 1. The number of nitrogens with zero attached hydrogens (tertiary/aromatic N) is 2. The van der Waals surface area contributed by atoms with Gasteiger partial charge >= 0.3 is 0 Å². The Morgan fingerprint density at radius 3 is 2.82 bits per heavy atom. The minimum Gasteiger partial charge on any atom is -0.297 e. The van der Waals surface area contributed by atoms with Crippen molar-refractivity contribution in [2.75, 3.05) is 11.4 Å². The molecule has 0 N–H and O–H groups in total. The lowest BCUT2D eigenvalue weighted by atomic mass is 10.3. The summed E-state index contributed by atoms with van der Waals surface area (Å²) in [5.41, 5.74) is 0.250. The van der Waals surface area contributed by atoms with Crippen molar-refractivity contribution < 1.29 is 14.0 Å². The first kappa shape index (κ1) is 10.3. The number of benzene rings is 1. The standard InChI is InChI=1S/C11H7FN2O2S/c12-7-2-1-3-8-10(7)13-11(17-8)14-5-6(15)4-9(14)16/h1-3H,4-5H2. The number of hydrogen-bond acceptors (Lipinski definition) is 4. The third kappa shape index (κ3) is 1.61. The molecule has 0 atom stereocenters. The summed E-state index contributed by atoms with van der Waals surface area (Å²) in [5.74, 6) is -0.813. The lowest BCUT2D eigenvalue weighted by molar-refractivity contribution is -0.121. The van der Waals surface area contributed by atoms with Crippen LogP contribution in [-0.4, -0.2) is 23.2 Å². The van der Waals surface area contributed by atoms with Crippen molar-refractivity contribution in [3.8, 4) is 0 Å². The van der Waals surface area contributed by atoms with Crippen LogP contribution in [0, 0.1) is 5.82 Å². The Balaban J connectivity index is 2.10. The molecule has 1 fully saturated rings. The first-order valence-electron chi connectivity index (χ1n) is 5.02. The van der Waals surface area contributed by atoms with E-state index in [9.17, 15) is 14.0 Å². The van der Waals surface area contributed by atoms with Gasteiger partial charge in [0.2, 0.25) is 5.91 Å². The van der Waals surface area contributed by atoms with Gasteiger partial charge < -0.3 is 0 Å². The van der Waals surface area contributed by atoms with Crippen molar-refractivity contribution in [2.45, 2.75) is 6.42 Å². The number of carbonyl (C=O) groups excluding carboxylic acids is 2. The maximum Gasteiger partial charge on any atom is 0.236 e. The molecule has 4 nitrogen and oxygen atoms in total. The fraction of sp³-hybridized carbons (Fsp3) is 0.182. The molecule has 2 aromatic rings. The van der Waals surface area contributed by atoms with Crippen molar-refractivity contribution in [3.05, 3.63) is 24.0 Å². The fourth-order valence-electron chi connectivity index (χ4n) is 1.78. The molecule has 0 aliphatic carbocycles. The molecular weight excluding hydrogens is 243 g/mol. The van der Waals surface area contributed by atoms with E-state index in [1.807, 2.05) is 0 Å². The molecule has 0 saturated carbocycles. The number of Topliss-reactive ketones (excluding diaryl/α,β-unsaturated/α-hetero) is 1. The van der Waals surface area contributed by atoms with Crippen LogP contribution >= 0.6 is 11.3 Å². The normalized spacial score (nSPS) is 16.2.